The molecule has 5 rings (SSSR count). The van der Waals surface area contributed by atoms with E-state index in [2.05, 4.69) is 91.8 Å². The second kappa shape index (κ2) is 27.2. The first-order valence-corrected chi connectivity index (χ1v) is 20.0. The normalized spacial score (nSPS) is 23.4. The van der Waals surface area contributed by atoms with E-state index < -0.39 is 5.92 Å². The van der Waals surface area contributed by atoms with Crippen LogP contribution in [0.2, 0.25) is 0 Å². The first-order chi connectivity index (χ1) is 22.6. The van der Waals surface area contributed by atoms with Crippen LogP contribution >= 0.6 is 0 Å². The molecule has 9 heteroatoms. The molecule has 0 aliphatic carbocycles. The fraction of sp³-hybridized carbons (Fsp3) is 1.00. The van der Waals surface area contributed by atoms with Crippen molar-refractivity contribution in [1.29, 1.82) is 0 Å². The summed E-state index contributed by atoms with van der Waals surface area (Å²) in [6.45, 7) is 37.6. The Balaban J connectivity index is 0.000000586. The van der Waals surface area contributed by atoms with E-state index in [1.165, 1.54) is 90.9 Å². The van der Waals surface area contributed by atoms with Crippen LogP contribution in [0.15, 0.2) is 0 Å². The van der Waals surface area contributed by atoms with Crippen molar-refractivity contribution in [3.8, 4) is 0 Å². The minimum atomic E-state index is -2.40. The maximum atomic E-state index is 12.6. The number of morpholine rings is 1. The first kappa shape index (κ1) is 48.6. The fourth-order valence-corrected chi connectivity index (χ4v) is 6.67. The van der Waals surface area contributed by atoms with Crippen molar-refractivity contribution >= 4 is 0 Å². The van der Waals surface area contributed by atoms with Gasteiger partial charge in [-0.05, 0) is 128 Å². The Morgan fingerprint density at radius 3 is 0.980 bits per heavy atom. The molecule has 5 saturated heterocycles. The Morgan fingerprint density at radius 1 is 0.408 bits per heavy atom. The third-order valence-electron chi connectivity index (χ3n) is 10.5. The highest BCUT2D eigenvalue weighted by Gasteiger charge is 2.34. The third kappa shape index (κ3) is 23.0. The second-order valence-corrected chi connectivity index (χ2v) is 16.0. The summed E-state index contributed by atoms with van der Waals surface area (Å²) >= 11 is 0. The van der Waals surface area contributed by atoms with Gasteiger partial charge in [-0.3, -0.25) is 9.80 Å². The Morgan fingerprint density at radius 2 is 0.694 bits per heavy atom. The van der Waals surface area contributed by atoms with E-state index in [1.807, 2.05) is 13.8 Å². The van der Waals surface area contributed by atoms with Crippen molar-refractivity contribution in [3.05, 3.63) is 0 Å². The number of halogens is 2. The Labute approximate surface area is 305 Å². The number of hydrogen-bond acceptors (Lipinski definition) is 7. The molecule has 5 aliphatic rings. The van der Waals surface area contributed by atoms with Crippen molar-refractivity contribution in [1.82, 2.24) is 29.4 Å². The van der Waals surface area contributed by atoms with Gasteiger partial charge in [-0.15, -0.1) is 0 Å². The highest BCUT2D eigenvalue weighted by molar-refractivity contribution is 4.79. The zero-order valence-corrected chi connectivity index (χ0v) is 33.8. The molecule has 0 unspecified atom stereocenters. The average Bonchev–Trinajstić information content (AvgIpc) is 3.07. The third-order valence-corrected chi connectivity index (χ3v) is 10.5. The van der Waals surface area contributed by atoms with Crippen LogP contribution in [0.4, 0.5) is 8.78 Å². The van der Waals surface area contributed by atoms with Gasteiger partial charge in [-0.1, -0.05) is 20.3 Å². The summed E-state index contributed by atoms with van der Waals surface area (Å²) in [4.78, 5) is 14.6. The number of piperazine rings is 1. The van der Waals surface area contributed by atoms with Crippen LogP contribution in [-0.4, -0.2) is 164 Å². The summed E-state index contributed by atoms with van der Waals surface area (Å²) in [6.07, 6.45) is 8.62. The van der Waals surface area contributed by atoms with Crippen molar-refractivity contribution < 1.29 is 13.5 Å². The predicted octanol–water partition coefficient (Wildman–Crippen LogP) is 7.89. The van der Waals surface area contributed by atoms with E-state index in [1.54, 1.807) is 0 Å². The quantitative estimate of drug-likeness (QED) is 0.288. The molecule has 0 aromatic heterocycles. The van der Waals surface area contributed by atoms with Crippen molar-refractivity contribution in [3.63, 3.8) is 0 Å². The topological polar surface area (TPSA) is 28.7 Å². The number of rotatable bonds is 5. The van der Waals surface area contributed by atoms with Crippen LogP contribution in [0.25, 0.3) is 0 Å². The molecule has 296 valence electrons. The molecule has 5 heterocycles. The number of piperidine rings is 3. The lowest BCUT2D eigenvalue weighted by Crippen LogP contribution is -2.47. The van der Waals surface area contributed by atoms with Crippen LogP contribution in [0.1, 0.15) is 128 Å². The molecule has 0 aromatic rings. The molecule has 0 N–H and O–H groups in total. The molecule has 7 nitrogen and oxygen atoms in total. The number of likely N-dealkylation sites (tertiary alicyclic amines) is 3. The van der Waals surface area contributed by atoms with Gasteiger partial charge in [-0.2, -0.15) is 0 Å². The van der Waals surface area contributed by atoms with E-state index in [-0.39, 0.29) is 20.3 Å². The van der Waals surface area contributed by atoms with E-state index in [0.29, 0.717) is 25.2 Å². The molecule has 0 aromatic carbocycles. The molecule has 0 radical (unpaired) electrons. The predicted molar refractivity (Wildman–Crippen MR) is 210 cm³/mol. The van der Waals surface area contributed by atoms with Gasteiger partial charge < -0.3 is 24.3 Å². The van der Waals surface area contributed by atoms with Crippen LogP contribution < -0.4 is 0 Å². The molecular weight excluding hydrogens is 618 g/mol. The number of ether oxygens (including phenoxy) is 1. The smallest absolute Gasteiger partial charge is 0.250 e. The summed E-state index contributed by atoms with van der Waals surface area (Å²) in [5.74, 6) is -2.40. The van der Waals surface area contributed by atoms with E-state index in [4.69, 9.17) is 4.74 Å². The summed E-state index contributed by atoms with van der Waals surface area (Å²) in [6, 6.07) is 3.37. The molecule has 0 saturated carbocycles. The molecular formula is C40H86F2N6O. The zero-order chi connectivity index (χ0) is 36.1. The van der Waals surface area contributed by atoms with Gasteiger partial charge in [0.25, 0.3) is 5.92 Å². The van der Waals surface area contributed by atoms with E-state index in [0.717, 1.165) is 44.4 Å². The summed E-state index contributed by atoms with van der Waals surface area (Å²) in [5.41, 5.74) is 0. The number of alkyl halides is 2. The number of nitrogens with zero attached hydrogens (tertiary/aromatic N) is 6. The Hall–Kier alpha value is -0.420. The minimum absolute atomic E-state index is 0. The van der Waals surface area contributed by atoms with Gasteiger partial charge in [0.1, 0.15) is 0 Å². The Bertz CT molecular complexity index is 681. The Kier molecular flexibility index (Phi) is 27.0. The lowest BCUT2D eigenvalue weighted by Gasteiger charge is -2.34. The molecule has 49 heavy (non-hydrogen) atoms. The van der Waals surface area contributed by atoms with Crippen molar-refractivity contribution in [2.24, 2.45) is 0 Å². The van der Waals surface area contributed by atoms with Crippen LogP contribution in [0, 0.1) is 0 Å². The zero-order valence-electron chi connectivity index (χ0n) is 33.8. The fourth-order valence-electron chi connectivity index (χ4n) is 6.67. The summed E-state index contributed by atoms with van der Waals surface area (Å²) < 4.78 is 30.4. The molecule has 5 aliphatic heterocycles. The lowest BCUT2D eigenvalue weighted by molar-refractivity contribution is -0.0603. The van der Waals surface area contributed by atoms with Crippen LogP contribution in [0.5, 0.6) is 0 Å². The number of likely N-dealkylation sites (N-methyl/N-ethyl adjacent to an activating group) is 1. The maximum Gasteiger partial charge on any atom is 0.250 e. The number of hydrogen-bond donors (Lipinski definition) is 0. The molecule has 0 atom stereocenters. The van der Waals surface area contributed by atoms with Gasteiger partial charge in [0, 0.05) is 95.4 Å². The molecule has 0 amide bonds. The first-order valence-electron chi connectivity index (χ1n) is 20.0. The second-order valence-electron chi connectivity index (χ2n) is 16.0. The molecule has 5 fully saturated rings. The highest BCUT2D eigenvalue weighted by atomic mass is 19.3. The highest BCUT2D eigenvalue weighted by Crippen LogP contribution is 2.28. The lowest BCUT2D eigenvalue weighted by atomic mass is 10.1. The monoisotopic (exact) mass is 705 g/mol. The minimum Gasteiger partial charge on any atom is -0.379 e. The average molecular weight is 705 g/mol. The van der Waals surface area contributed by atoms with Gasteiger partial charge >= 0.3 is 0 Å². The SMILES string of the molecule is C.CC(C)N1CCC(F)(F)CC1.CC(C)N1CCCCC1.CC(C)N1CCCCC1.CC(C)N1CCN(C)CC1.CC(C)N1CCOCC1. The summed E-state index contributed by atoms with van der Waals surface area (Å²) in [5, 5.41) is 0. The van der Waals surface area contributed by atoms with E-state index in [9.17, 15) is 8.78 Å². The van der Waals surface area contributed by atoms with Gasteiger partial charge in [0.2, 0.25) is 0 Å². The largest absolute Gasteiger partial charge is 0.379 e. The molecule has 0 bridgehead atoms. The van der Waals surface area contributed by atoms with Crippen LogP contribution in [-0.2, 0) is 4.74 Å². The van der Waals surface area contributed by atoms with E-state index >= 15 is 0 Å². The van der Waals surface area contributed by atoms with Gasteiger partial charge in [0.05, 0.1) is 13.2 Å². The van der Waals surface area contributed by atoms with Gasteiger partial charge in [0.15, 0.2) is 0 Å². The van der Waals surface area contributed by atoms with Crippen molar-refractivity contribution in [2.45, 2.75) is 164 Å². The standard InChI is InChI=1S/C8H15F2N.C8H18N2.2C8H17N.C7H15NO.CH4/c1-7(2)11-5-3-8(9,10)4-6-11;1-8(2)10-6-4-9(3)5-7-10;2*1-8(2)9-6-4-3-5-7-9;1-7(2)8-3-5-9-6-4-8;/h7H,3-6H2,1-2H3;8H,4-7H2,1-3H3;2*8H,3-7H2,1-2H3;7H,3-6H2,1-2H3;1H4. The summed E-state index contributed by atoms with van der Waals surface area (Å²) in [7, 11) is 2.19. The van der Waals surface area contributed by atoms with Gasteiger partial charge in [-0.25, -0.2) is 8.78 Å². The van der Waals surface area contributed by atoms with Crippen LogP contribution in [0.3, 0.4) is 0 Å². The maximum absolute atomic E-state index is 12.6. The van der Waals surface area contributed by atoms with Crippen molar-refractivity contribution in [2.75, 3.05) is 98.8 Å². The molecule has 0 spiro atoms.